The number of aromatic nitrogens is 4. The van der Waals surface area contributed by atoms with Gasteiger partial charge in [0, 0.05) is 6.54 Å². The highest BCUT2D eigenvalue weighted by molar-refractivity contribution is 5.46. The van der Waals surface area contributed by atoms with E-state index in [1.807, 2.05) is 37.3 Å². The van der Waals surface area contributed by atoms with Crippen LogP contribution in [0.5, 0.6) is 0 Å². The third-order valence-electron chi connectivity index (χ3n) is 3.50. The fourth-order valence-electron chi connectivity index (χ4n) is 2.20. The number of aromatic amines is 1. The number of nitrogens with two attached hydrogens (primary N) is 1. The molecule has 0 aliphatic rings. The highest BCUT2D eigenvalue weighted by Crippen LogP contribution is 2.23. The molecule has 0 saturated heterocycles. The van der Waals surface area contributed by atoms with Crippen LogP contribution >= 0.6 is 0 Å². The molecule has 0 spiro atoms. The van der Waals surface area contributed by atoms with Gasteiger partial charge in [-0.2, -0.15) is 9.61 Å². The Hall–Kier alpha value is -2.67. The largest absolute Gasteiger partial charge is 0.364 e. The standard InChI is InChI=1S/C14H16N6O/c1-14(9-15,10-5-3-2-4-6-10)16-11-7-8-12-17-18-13(21)20(12)19-11/h2-8H,9,15H2,1H3,(H,16,19)(H,18,21). The average molecular weight is 284 g/mol. The maximum Gasteiger partial charge on any atom is 0.364 e. The molecule has 7 heteroatoms. The monoisotopic (exact) mass is 284 g/mol. The van der Waals surface area contributed by atoms with Gasteiger partial charge in [-0.1, -0.05) is 30.3 Å². The molecule has 1 atom stereocenters. The predicted octanol–water partition coefficient (Wildman–Crippen LogP) is 0.704. The fourth-order valence-corrected chi connectivity index (χ4v) is 2.20. The Bertz CT molecular complexity index is 809. The summed E-state index contributed by atoms with van der Waals surface area (Å²) in [5, 5.41) is 13.7. The number of benzene rings is 1. The number of nitrogens with zero attached hydrogens (tertiary/aromatic N) is 3. The molecule has 0 radical (unpaired) electrons. The van der Waals surface area contributed by atoms with Crippen LogP contribution in [0.15, 0.2) is 47.3 Å². The topological polar surface area (TPSA) is 101 Å². The first-order valence-corrected chi connectivity index (χ1v) is 6.61. The van der Waals surface area contributed by atoms with Gasteiger partial charge in [-0.15, -0.1) is 5.10 Å². The molecular weight excluding hydrogens is 268 g/mol. The minimum absolute atomic E-state index is 0.372. The quantitative estimate of drug-likeness (QED) is 0.655. The van der Waals surface area contributed by atoms with Crippen LogP contribution in [0.25, 0.3) is 5.65 Å². The molecule has 0 amide bonds. The van der Waals surface area contributed by atoms with Gasteiger partial charge in [0.15, 0.2) is 5.65 Å². The lowest BCUT2D eigenvalue weighted by Gasteiger charge is -2.30. The first-order chi connectivity index (χ1) is 10.1. The smallest absolute Gasteiger partial charge is 0.358 e. The molecule has 2 heterocycles. The first kappa shape index (κ1) is 13.3. The highest BCUT2D eigenvalue weighted by atomic mass is 16.2. The maximum absolute atomic E-state index is 11.6. The van der Waals surface area contributed by atoms with Gasteiger partial charge in [0.2, 0.25) is 0 Å². The summed E-state index contributed by atoms with van der Waals surface area (Å²) in [5.41, 5.74) is 6.60. The van der Waals surface area contributed by atoms with E-state index in [2.05, 4.69) is 20.6 Å². The number of fused-ring (bicyclic) bond motifs is 1. The fraction of sp³-hybridized carbons (Fsp3) is 0.214. The van der Waals surface area contributed by atoms with Crippen molar-refractivity contribution in [2.24, 2.45) is 5.73 Å². The molecule has 1 aromatic carbocycles. The zero-order valence-corrected chi connectivity index (χ0v) is 11.6. The summed E-state index contributed by atoms with van der Waals surface area (Å²) in [7, 11) is 0. The molecule has 21 heavy (non-hydrogen) atoms. The summed E-state index contributed by atoms with van der Waals surface area (Å²) in [6.45, 7) is 2.38. The van der Waals surface area contributed by atoms with Gasteiger partial charge in [-0.05, 0) is 24.6 Å². The molecule has 108 valence electrons. The van der Waals surface area contributed by atoms with E-state index in [-0.39, 0.29) is 5.69 Å². The Kier molecular flexibility index (Phi) is 3.19. The van der Waals surface area contributed by atoms with Gasteiger partial charge in [-0.3, -0.25) is 0 Å². The van der Waals surface area contributed by atoms with Crippen LogP contribution in [0.1, 0.15) is 12.5 Å². The summed E-state index contributed by atoms with van der Waals surface area (Å²) in [5.74, 6) is 0.558. The van der Waals surface area contributed by atoms with Crippen LogP contribution < -0.4 is 16.7 Å². The van der Waals surface area contributed by atoms with Crippen molar-refractivity contribution in [3.63, 3.8) is 0 Å². The molecule has 3 rings (SSSR count). The molecule has 7 nitrogen and oxygen atoms in total. The SMILES string of the molecule is CC(CN)(Nc1ccc2n[nH]c(=O)n2n1)c1ccccc1. The number of hydrogen-bond donors (Lipinski definition) is 3. The Balaban J connectivity index is 1.99. The summed E-state index contributed by atoms with van der Waals surface area (Å²) in [4.78, 5) is 11.6. The van der Waals surface area contributed by atoms with Gasteiger partial charge in [0.05, 0.1) is 5.54 Å². The Morgan fingerprint density at radius 2 is 2.05 bits per heavy atom. The summed E-state index contributed by atoms with van der Waals surface area (Å²) >= 11 is 0. The van der Waals surface area contributed by atoms with Gasteiger partial charge < -0.3 is 11.1 Å². The molecule has 0 fully saturated rings. The first-order valence-electron chi connectivity index (χ1n) is 6.61. The second-order valence-corrected chi connectivity index (χ2v) is 5.04. The Morgan fingerprint density at radius 3 is 2.76 bits per heavy atom. The van der Waals surface area contributed by atoms with Crippen molar-refractivity contribution >= 4 is 11.5 Å². The van der Waals surface area contributed by atoms with Crippen LogP contribution in [0, 0.1) is 0 Å². The summed E-state index contributed by atoms with van der Waals surface area (Å²) < 4.78 is 1.21. The lowest BCUT2D eigenvalue weighted by Crippen LogP contribution is -2.40. The lowest BCUT2D eigenvalue weighted by atomic mass is 9.92. The molecule has 2 aromatic heterocycles. The van der Waals surface area contributed by atoms with Crippen molar-refractivity contribution in [3.05, 3.63) is 58.5 Å². The number of hydrogen-bond acceptors (Lipinski definition) is 5. The molecule has 0 aliphatic heterocycles. The summed E-state index contributed by atoms with van der Waals surface area (Å²) in [6.07, 6.45) is 0. The second-order valence-electron chi connectivity index (χ2n) is 5.04. The van der Waals surface area contributed by atoms with Crippen LogP contribution in [0.4, 0.5) is 5.82 Å². The predicted molar refractivity (Wildman–Crippen MR) is 80.1 cm³/mol. The second kappa shape index (κ2) is 5.02. The minimum Gasteiger partial charge on any atom is -0.358 e. The van der Waals surface area contributed by atoms with E-state index in [1.54, 1.807) is 12.1 Å². The normalized spacial score (nSPS) is 14.0. The van der Waals surface area contributed by atoms with Gasteiger partial charge in [0.1, 0.15) is 5.82 Å². The van der Waals surface area contributed by atoms with E-state index in [1.165, 1.54) is 4.52 Å². The highest BCUT2D eigenvalue weighted by Gasteiger charge is 2.25. The van der Waals surface area contributed by atoms with E-state index in [4.69, 9.17) is 5.73 Å². The number of anilines is 1. The van der Waals surface area contributed by atoms with Gasteiger partial charge in [-0.25, -0.2) is 9.89 Å². The van der Waals surface area contributed by atoms with Crippen LogP contribution in [-0.4, -0.2) is 26.4 Å². The zero-order chi connectivity index (χ0) is 14.9. The van der Waals surface area contributed by atoms with E-state index in [9.17, 15) is 4.79 Å². The summed E-state index contributed by atoms with van der Waals surface area (Å²) in [6, 6.07) is 13.4. The minimum atomic E-state index is -0.477. The van der Waals surface area contributed by atoms with E-state index in [0.717, 1.165) is 5.56 Å². The van der Waals surface area contributed by atoms with E-state index >= 15 is 0 Å². The van der Waals surface area contributed by atoms with Crippen LogP contribution in [-0.2, 0) is 5.54 Å². The van der Waals surface area contributed by atoms with Crippen molar-refractivity contribution < 1.29 is 0 Å². The molecule has 0 saturated carbocycles. The van der Waals surface area contributed by atoms with Crippen LogP contribution in [0.3, 0.4) is 0 Å². The van der Waals surface area contributed by atoms with Crippen molar-refractivity contribution in [2.45, 2.75) is 12.5 Å². The number of rotatable bonds is 4. The number of nitrogens with one attached hydrogen (secondary N) is 2. The molecule has 0 bridgehead atoms. The van der Waals surface area contributed by atoms with Crippen molar-refractivity contribution in [1.82, 2.24) is 19.8 Å². The van der Waals surface area contributed by atoms with Gasteiger partial charge in [0.25, 0.3) is 0 Å². The number of H-pyrrole nitrogens is 1. The van der Waals surface area contributed by atoms with Crippen molar-refractivity contribution in [1.29, 1.82) is 0 Å². The molecular formula is C14H16N6O. The Labute approximate surface area is 120 Å². The zero-order valence-electron chi connectivity index (χ0n) is 11.6. The van der Waals surface area contributed by atoms with Crippen molar-refractivity contribution in [3.8, 4) is 0 Å². The third kappa shape index (κ3) is 2.38. The van der Waals surface area contributed by atoms with Crippen molar-refractivity contribution in [2.75, 3.05) is 11.9 Å². The van der Waals surface area contributed by atoms with Gasteiger partial charge >= 0.3 is 5.69 Å². The molecule has 4 N–H and O–H groups in total. The van der Waals surface area contributed by atoms with E-state index in [0.29, 0.717) is 18.0 Å². The lowest BCUT2D eigenvalue weighted by molar-refractivity contribution is 0.551. The average Bonchev–Trinajstić information content (AvgIpc) is 2.89. The van der Waals surface area contributed by atoms with E-state index < -0.39 is 5.54 Å². The molecule has 1 unspecified atom stereocenters. The maximum atomic E-state index is 11.6. The molecule has 3 aromatic rings. The van der Waals surface area contributed by atoms with Crippen LogP contribution in [0.2, 0.25) is 0 Å². The molecule has 0 aliphatic carbocycles. The Morgan fingerprint density at radius 1 is 1.29 bits per heavy atom. The third-order valence-corrected chi connectivity index (χ3v) is 3.50.